The molecule has 2 aromatic rings. The number of esters is 1. The molecular weight excluding hydrogens is 258 g/mol. The molecular formula is C13H17N5O2. The zero-order valence-electron chi connectivity index (χ0n) is 11.5. The number of carbonyl (C=O) groups is 1. The topological polar surface area (TPSA) is 81.9 Å². The predicted molar refractivity (Wildman–Crippen MR) is 73.4 cm³/mol. The van der Waals surface area contributed by atoms with E-state index in [0.29, 0.717) is 30.4 Å². The van der Waals surface area contributed by atoms with Crippen LogP contribution >= 0.6 is 0 Å². The lowest BCUT2D eigenvalue weighted by Crippen LogP contribution is -2.14. The summed E-state index contributed by atoms with van der Waals surface area (Å²) in [5.41, 5.74) is 0.990. The van der Waals surface area contributed by atoms with Gasteiger partial charge in [-0.2, -0.15) is 5.10 Å². The van der Waals surface area contributed by atoms with Crippen LogP contribution in [0.3, 0.4) is 0 Å². The van der Waals surface area contributed by atoms with Gasteiger partial charge in [0.2, 0.25) is 5.95 Å². The number of aromatic nitrogens is 4. The highest BCUT2D eigenvalue weighted by atomic mass is 16.5. The maximum absolute atomic E-state index is 11.6. The molecule has 106 valence electrons. The zero-order valence-corrected chi connectivity index (χ0v) is 11.5. The summed E-state index contributed by atoms with van der Waals surface area (Å²) in [6.45, 7) is 5.23. The maximum Gasteiger partial charge on any atom is 0.341 e. The minimum atomic E-state index is -0.395. The zero-order chi connectivity index (χ0) is 14.4. The van der Waals surface area contributed by atoms with Crippen molar-refractivity contribution in [3.63, 3.8) is 0 Å². The minimum absolute atomic E-state index is 0.335. The van der Waals surface area contributed by atoms with Gasteiger partial charge in [-0.05, 0) is 19.9 Å². The van der Waals surface area contributed by atoms with Gasteiger partial charge in [-0.15, -0.1) is 0 Å². The van der Waals surface area contributed by atoms with E-state index in [1.165, 1.54) is 6.20 Å². The summed E-state index contributed by atoms with van der Waals surface area (Å²) in [4.78, 5) is 20.0. The standard InChI is InChI=1S/C13H17N5O2/c1-3-20-12(19)11-9-15-13(17-10(11)2)14-6-8-18-7-4-5-16-18/h4-5,7,9H,3,6,8H2,1-2H3,(H,14,15,17). The Morgan fingerprint density at radius 1 is 1.50 bits per heavy atom. The molecule has 0 aliphatic carbocycles. The summed E-state index contributed by atoms with van der Waals surface area (Å²) in [5.74, 6) is 0.0933. The van der Waals surface area contributed by atoms with Crippen molar-refractivity contribution in [2.45, 2.75) is 20.4 Å². The fourth-order valence-corrected chi connectivity index (χ4v) is 1.68. The Hall–Kier alpha value is -2.44. The number of rotatable bonds is 6. The molecule has 0 unspecified atom stereocenters. The van der Waals surface area contributed by atoms with Gasteiger partial charge in [-0.25, -0.2) is 14.8 Å². The second-order valence-electron chi connectivity index (χ2n) is 4.11. The lowest BCUT2D eigenvalue weighted by molar-refractivity contribution is 0.0524. The van der Waals surface area contributed by atoms with Gasteiger partial charge in [0.15, 0.2) is 0 Å². The molecule has 0 bridgehead atoms. The largest absolute Gasteiger partial charge is 0.462 e. The number of aryl methyl sites for hydroxylation is 1. The highest BCUT2D eigenvalue weighted by Gasteiger charge is 2.12. The molecule has 7 heteroatoms. The van der Waals surface area contributed by atoms with Crippen LogP contribution in [0, 0.1) is 6.92 Å². The van der Waals surface area contributed by atoms with Crippen molar-refractivity contribution >= 4 is 11.9 Å². The molecule has 0 saturated heterocycles. The molecule has 0 aliphatic rings. The lowest BCUT2D eigenvalue weighted by atomic mass is 10.2. The quantitative estimate of drug-likeness (QED) is 0.799. The molecule has 0 radical (unpaired) electrons. The molecule has 0 amide bonds. The Bertz CT molecular complexity index is 568. The average Bonchev–Trinajstić information content (AvgIpc) is 2.92. The van der Waals surface area contributed by atoms with Crippen LogP contribution in [-0.4, -0.2) is 38.9 Å². The van der Waals surface area contributed by atoms with E-state index in [1.54, 1.807) is 20.0 Å². The summed E-state index contributed by atoms with van der Waals surface area (Å²) in [5, 5.41) is 7.18. The fraction of sp³-hybridized carbons (Fsp3) is 0.385. The molecule has 0 aromatic carbocycles. The molecule has 20 heavy (non-hydrogen) atoms. The predicted octanol–water partition coefficient (Wildman–Crippen LogP) is 1.27. The third kappa shape index (κ3) is 3.53. The van der Waals surface area contributed by atoms with Gasteiger partial charge in [0.1, 0.15) is 0 Å². The van der Waals surface area contributed by atoms with Crippen molar-refractivity contribution in [1.82, 2.24) is 19.7 Å². The van der Waals surface area contributed by atoms with E-state index in [0.717, 1.165) is 6.54 Å². The number of ether oxygens (including phenoxy) is 1. The summed E-state index contributed by atoms with van der Waals surface area (Å²) >= 11 is 0. The van der Waals surface area contributed by atoms with Crippen LogP contribution in [0.25, 0.3) is 0 Å². The molecule has 0 spiro atoms. The van der Waals surface area contributed by atoms with Gasteiger partial charge in [0.25, 0.3) is 0 Å². The molecule has 0 saturated carbocycles. The average molecular weight is 275 g/mol. The highest BCUT2D eigenvalue weighted by molar-refractivity contribution is 5.90. The first kappa shape index (κ1) is 14.0. The minimum Gasteiger partial charge on any atom is -0.462 e. The first-order valence-electron chi connectivity index (χ1n) is 6.42. The van der Waals surface area contributed by atoms with Crippen molar-refractivity contribution in [3.05, 3.63) is 35.9 Å². The van der Waals surface area contributed by atoms with E-state index < -0.39 is 5.97 Å². The molecule has 1 N–H and O–H groups in total. The monoisotopic (exact) mass is 275 g/mol. The normalized spacial score (nSPS) is 10.3. The van der Waals surface area contributed by atoms with Crippen LogP contribution in [0.15, 0.2) is 24.7 Å². The molecule has 2 heterocycles. The number of hydrogen-bond acceptors (Lipinski definition) is 6. The van der Waals surface area contributed by atoms with Crippen molar-refractivity contribution in [3.8, 4) is 0 Å². The number of hydrogen-bond donors (Lipinski definition) is 1. The molecule has 7 nitrogen and oxygen atoms in total. The van der Waals surface area contributed by atoms with Gasteiger partial charge in [-0.1, -0.05) is 0 Å². The number of nitrogens with zero attached hydrogens (tertiary/aromatic N) is 4. The molecule has 2 aromatic heterocycles. The van der Waals surface area contributed by atoms with Crippen LogP contribution in [0.5, 0.6) is 0 Å². The summed E-state index contributed by atoms with van der Waals surface area (Å²) in [6, 6.07) is 1.87. The van der Waals surface area contributed by atoms with Crippen LogP contribution in [0.4, 0.5) is 5.95 Å². The Kier molecular flexibility index (Phi) is 4.65. The van der Waals surface area contributed by atoms with Crippen LogP contribution in [0.1, 0.15) is 23.0 Å². The van der Waals surface area contributed by atoms with Crippen LogP contribution in [0.2, 0.25) is 0 Å². The van der Waals surface area contributed by atoms with Crippen molar-refractivity contribution in [1.29, 1.82) is 0 Å². The first-order valence-corrected chi connectivity index (χ1v) is 6.42. The van der Waals surface area contributed by atoms with E-state index in [4.69, 9.17) is 4.74 Å². The maximum atomic E-state index is 11.6. The number of nitrogens with one attached hydrogen (secondary N) is 1. The highest BCUT2D eigenvalue weighted by Crippen LogP contribution is 2.08. The van der Waals surface area contributed by atoms with Crippen molar-refractivity contribution in [2.24, 2.45) is 0 Å². The number of anilines is 1. The second-order valence-corrected chi connectivity index (χ2v) is 4.11. The Balaban J connectivity index is 1.93. The smallest absolute Gasteiger partial charge is 0.341 e. The second kappa shape index (κ2) is 6.65. The van der Waals surface area contributed by atoms with Crippen LogP contribution < -0.4 is 5.32 Å². The van der Waals surface area contributed by atoms with E-state index in [2.05, 4.69) is 20.4 Å². The van der Waals surface area contributed by atoms with E-state index in [-0.39, 0.29) is 0 Å². The molecule has 2 rings (SSSR count). The molecule has 0 aliphatic heterocycles. The first-order chi connectivity index (χ1) is 9.70. The van der Waals surface area contributed by atoms with Gasteiger partial charge < -0.3 is 10.1 Å². The third-order valence-electron chi connectivity index (χ3n) is 2.66. The van der Waals surface area contributed by atoms with Gasteiger partial charge in [-0.3, -0.25) is 4.68 Å². The van der Waals surface area contributed by atoms with Crippen molar-refractivity contribution in [2.75, 3.05) is 18.5 Å². The third-order valence-corrected chi connectivity index (χ3v) is 2.66. The fourth-order valence-electron chi connectivity index (χ4n) is 1.68. The van der Waals surface area contributed by atoms with Gasteiger partial charge >= 0.3 is 5.97 Å². The molecule has 0 atom stereocenters. The van der Waals surface area contributed by atoms with E-state index >= 15 is 0 Å². The summed E-state index contributed by atoms with van der Waals surface area (Å²) in [7, 11) is 0. The Morgan fingerprint density at radius 3 is 3.00 bits per heavy atom. The summed E-state index contributed by atoms with van der Waals surface area (Å²) < 4.78 is 6.74. The Morgan fingerprint density at radius 2 is 2.35 bits per heavy atom. The lowest BCUT2D eigenvalue weighted by Gasteiger charge is -2.08. The number of carbonyl (C=O) groups excluding carboxylic acids is 1. The van der Waals surface area contributed by atoms with E-state index in [1.807, 2.05) is 16.9 Å². The van der Waals surface area contributed by atoms with Crippen LogP contribution in [-0.2, 0) is 11.3 Å². The summed E-state index contributed by atoms with van der Waals surface area (Å²) in [6.07, 6.45) is 5.10. The van der Waals surface area contributed by atoms with Gasteiger partial charge in [0.05, 0.1) is 24.4 Å². The van der Waals surface area contributed by atoms with Gasteiger partial charge in [0, 0.05) is 25.1 Å². The van der Waals surface area contributed by atoms with E-state index in [9.17, 15) is 4.79 Å². The molecule has 0 fully saturated rings. The Labute approximate surface area is 117 Å². The SMILES string of the molecule is CCOC(=O)c1cnc(NCCn2cccn2)nc1C. The van der Waals surface area contributed by atoms with Crippen molar-refractivity contribution < 1.29 is 9.53 Å².